The minimum Gasteiger partial charge on any atom is -0.444 e. The SMILES string of the molecule is CN=C(NCC1CCN(C(=O)OC(C)(C)C)CC1)NC1CCS(=O)(=O)C1. The zero-order valence-electron chi connectivity index (χ0n) is 16.2. The molecule has 1 unspecified atom stereocenters. The number of carbonyl (C=O) groups is 1. The molecule has 2 rings (SSSR count). The van der Waals surface area contributed by atoms with Crippen molar-refractivity contribution in [3.05, 3.63) is 0 Å². The lowest BCUT2D eigenvalue weighted by Gasteiger charge is -2.33. The standard InChI is InChI=1S/C17H32N4O4S/c1-17(2,3)25-16(22)21-8-5-13(6-9-21)11-19-15(18-4)20-14-7-10-26(23,24)12-14/h13-14H,5-12H2,1-4H3,(H2,18,19,20). The summed E-state index contributed by atoms with van der Waals surface area (Å²) in [5.41, 5.74) is -0.471. The first-order valence-corrected chi connectivity index (χ1v) is 11.1. The Balaban J connectivity index is 1.71. The maximum Gasteiger partial charge on any atom is 0.410 e. The number of hydrogen-bond donors (Lipinski definition) is 2. The first-order chi connectivity index (χ1) is 12.1. The minimum atomic E-state index is -2.91. The summed E-state index contributed by atoms with van der Waals surface area (Å²) in [6.07, 6.45) is 2.18. The summed E-state index contributed by atoms with van der Waals surface area (Å²) >= 11 is 0. The first-order valence-electron chi connectivity index (χ1n) is 9.23. The van der Waals surface area contributed by atoms with E-state index in [2.05, 4.69) is 15.6 Å². The number of carbonyl (C=O) groups excluding carboxylic acids is 1. The molecule has 0 saturated carbocycles. The lowest BCUT2D eigenvalue weighted by molar-refractivity contribution is 0.0185. The molecule has 0 bridgehead atoms. The van der Waals surface area contributed by atoms with E-state index in [4.69, 9.17) is 4.74 Å². The molecular weight excluding hydrogens is 356 g/mol. The third-order valence-electron chi connectivity index (χ3n) is 4.62. The molecule has 2 fully saturated rings. The summed E-state index contributed by atoms with van der Waals surface area (Å²) in [6, 6.07) is -0.0692. The van der Waals surface area contributed by atoms with Gasteiger partial charge in [0.2, 0.25) is 0 Å². The molecule has 150 valence electrons. The van der Waals surface area contributed by atoms with Gasteiger partial charge in [0, 0.05) is 32.7 Å². The summed E-state index contributed by atoms with van der Waals surface area (Å²) in [7, 11) is -1.22. The predicted molar refractivity (Wildman–Crippen MR) is 102 cm³/mol. The second-order valence-electron chi connectivity index (χ2n) is 8.11. The van der Waals surface area contributed by atoms with Crippen molar-refractivity contribution in [2.24, 2.45) is 10.9 Å². The number of piperidine rings is 1. The van der Waals surface area contributed by atoms with Gasteiger partial charge in [-0.15, -0.1) is 0 Å². The number of aliphatic imine (C=N–C) groups is 1. The second kappa shape index (κ2) is 8.45. The molecule has 2 heterocycles. The highest BCUT2D eigenvalue weighted by Gasteiger charge is 2.29. The summed E-state index contributed by atoms with van der Waals surface area (Å²) in [5.74, 6) is 1.49. The summed E-state index contributed by atoms with van der Waals surface area (Å²) < 4.78 is 28.5. The van der Waals surface area contributed by atoms with E-state index < -0.39 is 15.4 Å². The van der Waals surface area contributed by atoms with E-state index in [0.717, 1.165) is 19.4 Å². The van der Waals surface area contributed by atoms with Crippen molar-refractivity contribution in [3.8, 4) is 0 Å². The van der Waals surface area contributed by atoms with Gasteiger partial charge < -0.3 is 20.3 Å². The van der Waals surface area contributed by atoms with Crippen molar-refractivity contribution in [1.82, 2.24) is 15.5 Å². The maximum absolute atomic E-state index is 12.1. The first kappa shape index (κ1) is 20.8. The van der Waals surface area contributed by atoms with Gasteiger partial charge in [0.25, 0.3) is 0 Å². The molecule has 0 aliphatic carbocycles. The van der Waals surface area contributed by atoms with Crippen molar-refractivity contribution in [3.63, 3.8) is 0 Å². The van der Waals surface area contributed by atoms with E-state index in [9.17, 15) is 13.2 Å². The van der Waals surface area contributed by atoms with Gasteiger partial charge in [-0.25, -0.2) is 13.2 Å². The van der Waals surface area contributed by atoms with Gasteiger partial charge in [0.1, 0.15) is 5.60 Å². The fourth-order valence-electron chi connectivity index (χ4n) is 3.18. The van der Waals surface area contributed by atoms with Gasteiger partial charge in [-0.2, -0.15) is 0 Å². The molecule has 0 radical (unpaired) electrons. The van der Waals surface area contributed by atoms with Crippen LogP contribution in [0.15, 0.2) is 4.99 Å². The maximum atomic E-state index is 12.1. The Bertz CT molecular complexity index is 619. The van der Waals surface area contributed by atoms with Gasteiger partial charge in [-0.3, -0.25) is 4.99 Å². The molecule has 9 heteroatoms. The highest BCUT2D eigenvalue weighted by atomic mass is 32.2. The van der Waals surface area contributed by atoms with Crippen molar-refractivity contribution >= 4 is 21.9 Å². The van der Waals surface area contributed by atoms with E-state index in [1.165, 1.54) is 0 Å². The van der Waals surface area contributed by atoms with Crippen molar-refractivity contribution in [2.45, 2.75) is 51.7 Å². The van der Waals surface area contributed by atoms with Crippen LogP contribution in [0.25, 0.3) is 0 Å². The highest BCUT2D eigenvalue weighted by Crippen LogP contribution is 2.19. The fourth-order valence-corrected chi connectivity index (χ4v) is 4.86. The Morgan fingerprint density at radius 1 is 1.23 bits per heavy atom. The van der Waals surface area contributed by atoms with Crippen LogP contribution in [0.4, 0.5) is 4.79 Å². The molecule has 2 aliphatic heterocycles. The van der Waals surface area contributed by atoms with Crippen molar-refractivity contribution < 1.29 is 17.9 Å². The zero-order chi connectivity index (χ0) is 19.4. The van der Waals surface area contributed by atoms with E-state index >= 15 is 0 Å². The van der Waals surface area contributed by atoms with Crippen LogP contribution in [0.1, 0.15) is 40.0 Å². The largest absolute Gasteiger partial charge is 0.444 e. The third-order valence-corrected chi connectivity index (χ3v) is 6.39. The molecule has 1 amide bonds. The fraction of sp³-hybridized carbons (Fsp3) is 0.882. The van der Waals surface area contributed by atoms with Crippen molar-refractivity contribution in [1.29, 1.82) is 0 Å². The number of nitrogens with one attached hydrogen (secondary N) is 2. The molecule has 0 spiro atoms. The number of amides is 1. The average Bonchev–Trinajstić information content (AvgIpc) is 2.89. The molecule has 2 saturated heterocycles. The number of nitrogens with zero attached hydrogens (tertiary/aromatic N) is 2. The Morgan fingerprint density at radius 2 is 1.88 bits per heavy atom. The van der Waals surface area contributed by atoms with Crippen LogP contribution in [0, 0.1) is 5.92 Å². The molecule has 0 aromatic carbocycles. The Kier molecular flexibility index (Phi) is 6.76. The summed E-state index contributed by atoms with van der Waals surface area (Å²) in [4.78, 5) is 18.0. The van der Waals surface area contributed by atoms with Crippen LogP contribution in [0.5, 0.6) is 0 Å². The number of hydrogen-bond acceptors (Lipinski definition) is 5. The summed E-state index contributed by atoms with van der Waals surface area (Å²) in [6.45, 7) is 7.74. The van der Waals surface area contributed by atoms with Crippen LogP contribution in [-0.2, 0) is 14.6 Å². The van der Waals surface area contributed by atoms with E-state index in [-0.39, 0.29) is 23.6 Å². The number of likely N-dealkylation sites (tertiary alicyclic amines) is 1. The van der Waals surface area contributed by atoms with E-state index in [1.54, 1.807) is 11.9 Å². The molecule has 0 aromatic heterocycles. The lowest BCUT2D eigenvalue weighted by atomic mass is 9.97. The topological polar surface area (TPSA) is 100 Å². The van der Waals surface area contributed by atoms with Crippen LogP contribution < -0.4 is 10.6 Å². The quantitative estimate of drug-likeness (QED) is 0.552. The molecule has 8 nitrogen and oxygen atoms in total. The van der Waals surface area contributed by atoms with Crippen molar-refractivity contribution in [2.75, 3.05) is 38.2 Å². The minimum absolute atomic E-state index is 0.0692. The molecule has 1 atom stereocenters. The molecule has 0 aromatic rings. The second-order valence-corrected chi connectivity index (χ2v) is 10.3. The summed E-state index contributed by atoms with van der Waals surface area (Å²) in [5, 5.41) is 6.47. The van der Waals surface area contributed by atoms with E-state index in [1.807, 2.05) is 20.8 Å². The number of guanidine groups is 1. The van der Waals surface area contributed by atoms with Gasteiger partial charge in [-0.1, -0.05) is 0 Å². The molecular formula is C17H32N4O4S. The molecule has 2 N–H and O–H groups in total. The van der Waals surface area contributed by atoms with Crippen LogP contribution in [-0.4, -0.2) is 75.2 Å². The number of ether oxygens (including phenoxy) is 1. The van der Waals surface area contributed by atoms with Crippen LogP contribution in [0.2, 0.25) is 0 Å². The predicted octanol–water partition coefficient (Wildman–Crippen LogP) is 0.986. The lowest BCUT2D eigenvalue weighted by Crippen LogP contribution is -2.47. The monoisotopic (exact) mass is 388 g/mol. The van der Waals surface area contributed by atoms with Gasteiger partial charge in [0.05, 0.1) is 11.5 Å². The smallest absolute Gasteiger partial charge is 0.410 e. The number of sulfone groups is 1. The Labute approximate surface area is 156 Å². The van der Waals surface area contributed by atoms with Gasteiger partial charge >= 0.3 is 6.09 Å². The number of rotatable bonds is 3. The molecule has 26 heavy (non-hydrogen) atoms. The third kappa shape index (κ3) is 6.66. The Hall–Kier alpha value is -1.51. The zero-order valence-corrected chi connectivity index (χ0v) is 17.1. The Morgan fingerprint density at radius 3 is 2.38 bits per heavy atom. The van der Waals surface area contributed by atoms with Gasteiger partial charge in [0.15, 0.2) is 15.8 Å². The average molecular weight is 389 g/mol. The van der Waals surface area contributed by atoms with E-state index in [0.29, 0.717) is 31.4 Å². The normalized spacial score (nSPS) is 24.4. The van der Waals surface area contributed by atoms with Crippen LogP contribution in [0.3, 0.4) is 0 Å². The molecule has 2 aliphatic rings. The highest BCUT2D eigenvalue weighted by molar-refractivity contribution is 7.91. The van der Waals surface area contributed by atoms with Crippen LogP contribution >= 0.6 is 0 Å². The van der Waals surface area contributed by atoms with Gasteiger partial charge in [-0.05, 0) is 46.0 Å².